The standard InChI is InChI=1S/C17H20Cl3NO4/c1-9-10(2)13(24-14(22)12-7-5-4-6-8-12)15(23-11(9)3)25-16(21)17(18,19)20/h4-11,13,15,21H,1-3H3/t9-,10-,11?,13?,15-/m0/s1. The van der Waals surface area contributed by atoms with E-state index in [9.17, 15) is 4.79 Å². The highest BCUT2D eigenvalue weighted by Crippen LogP contribution is 2.36. The van der Waals surface area contributed by atoms with Gasteiger partial charge < -0.3 is 14.2 Å². The molecule has 1 N–H and O–H groups in total. The molecule has 1 aliphatic heterocycles. The molecule has 0 aliphatic carbocycles. The van der Waals surface area contributed by atoms with Crippen LogP contribution in [0.25, 0.3) is 0 Å². The van der Waals surface area contributed by atoms with Gasteiger partial charge in [0.25, 0.3) is 3.79 Å². The Balaban J connectivity index is 2.19. The molecule has 0 amide bonds. The predicted octanol–water partition coefficient (Wildman–Crippen LogP) is 4.59. The molecule has 2 unspecified atom stereocenters. The molecule has 1 fully saturated rings. The number of nitrogens with one attached hydrogen (secondary N) is 1. The van der Waals surface area contributed by atoms with Crippen molar-refractivity contribution in [2.45, 2.75) is 43.1 Å². The molecule has 1 heterocycles. The molecule has 8 heteroatoms. The fraction of sp³-hybridized carbons (Fsp3) is 0.529. The molecule has 1 saturated heterocycles. The highest BCUT2D eigenvalue weighted by molar-refractivity contribution is 6.76. The third-order valence-electron chi connectivity index (χ3n) is 4.45. The zero-order valence-electron chi connectivity index (χ0n) is 14.0. The predicted molar refractivity (Wildman–Crippen MR) is 97.4 cm³/mol. The Bertz CT molecular complexity index is 620. The van der Waals surface area contributed by atoms with Crippen LogP contribution >= 0.6 is 34.8 Å². The summed E-state index contributed by atoms with van der Waals surface area (Å²) in [5, 5.41) is 7.76. The smallest absolute Gasteiger partial charge is 0.338 e. The lowest BCUT2D eigenvalue weighted by Crippen LogP contribution is -2.52. The van der Waals surface area contributed by atoms with Crippen LogP contribution in [0, 0.1) is 17.2 Å². The highest BCUT2D eigenvalue weighted by Gasteiger charge is 2.45. The number of alkyl halides is 3. The first-order valence-electron chi connectivity index (χ1n) is 7.85. The van der Waals surface area contributed by atoms with Crippen LogP contribution < -0.4 is 0 Å². The molecule has 0 spiro atoms. The van der Waals surface area contributed by atoms with Crippen LogP contribution in [0.2, 0.25) is 0 Å². The van der Waals surface area contributed by atoms with Crippen molar-refractivity contribution in [1.29, 1.82) is 5.41 Å². The van der Waals surface area contributed by atoms with Crippen molar-refractivity contribution < 1.29 is 19.0 Å². The van der Waals surface area contributed by atoms with Gasteiger partial charge in [-0.3, -0.25) is 5.41 Å². The second kappa shape index (κ2) is 8.12. The Morgan fingerprint density at radius 1 is 1.08 bits per heavy atom. The summed E-state index contributed by atoms with van der Waals surface area (Å²) in [7, 11) is 0. The van der Waals surface area contributed by atoms with Crippen LogP contribution in [-0.4, -0.2) is 34.2 Å². The van der Waals surface area contributed by atoms with Gasteiger partial charge in [-0.2, -0.15) is 0 Å². The molecule has 1 aromatic carbocycles. The monoisotopic (exact) mass is 407 g/mol. The second-order valence-electron chi connectivity index (χ2n) is 6.11. The summed E-state index contributed by atoms with van der Waals surface area (Å²) < 4.78 is 14.7. The van der Waals surface area contributed by atoms with Gasteiger partial charge in [-0.15, -0.1) is 0 Å². The molecule has 0 radical (unpaired) electrons. The number of carbonyl (C=O) groups excluding carboxylic acids is 1. The summed E-state index contributed by atoms with van der Waals surface area (Å²) in [5.41, 5.74) is 0.413. The van der Waals surface area contributed by atoms with E-state index >= 15 is 0 Å². The minimum atomic E-state index is -2.02. The minimum Gasteiger partial charge on any atom is -0.452 e. The molecule has 138 valence electrons. The fourth-order valence-electron chi connectivity index (χ4n) is 2.59. The van der Waals surface area contributed by atoms with Crippen molar-refractivity contribution in [2.24, 2.45) is 11.8 Å². The Morgan fingerprint density at radius 3 is 2.24 bits per heavy atom. The lowest BCUT2D eigenvalue weighted by molar-refractivity contribution is -0.238. The van der Waals surface area contributed by atoms with Crippen molar-refractivity contribution in [2.75, 3.05) is 0 Å². The molecule has 1 aromatic rings. The molecule has 0 bridgehead atoms. The van der Waals surface area contributed by atoms with Gasteiger partial charge in [0.15, 0.2) is 6.10 Å². The van der Waals surface area contributed by atoms with Crippen molar-refractivity contribution in [1.82, 2.24) is 0 Å². The van der Waals surface area contributed by atoms with Crippen molar-refractivity contribution in [3.63, 3.8) is 0 Å². The van der Waals surface area contributed by atoms with Gasteiger partial charge in [0.05, 0.1) is 11.7 Å². The summed E-state index contributed by atoms with van der Waals surface area (Å²) in [5.74, 6) is -1.06. The molecular weight excluding hydrogens is 389 g/mol. The number of rotatable bonds is 3. The number of carbonyl (C=O) groups is 1. The average Bonchev–Trinajstić information content (AvgIpc) is 2.56. The van der Waals surface area contributed by atoms with E-state index in [-0.39, 0.29) is 17.9 Å². The van der Waals surface area contributed by atoms with Crippen molar-refractivity contribution in [3.8, 4) is 0 Å². The summed E-state index contributed by atoms with van der Waals surface area (Å²) in [6, 6.07) is 8.61. The Hall–Kier alpha value is -1.01. The number of benzene rings is 1. The van der Waals surface area contributed by atoms with E-state index in [2.05, 4.69) is 0 Å². The molecular formula is C17H20Cl3NO4. The maximum Gasteiger partial charge on any atom is 0.338 e. The van der Waals surface area contributed by atoms with Gasteiger partial charge >= 0.3 is 5.97 Å². The zero-order chi connectivity index (χ0) is 18.8. The first-order chi connectivity index (χ1) is 11.6. The molecule has 0 saturated carbocycles. The third kappa shape index (κ3) is 5.00. The summed E-state index contributed by atoms with van der Waals surface area (Å²) in [4.78, 5) is 12.4. The highest BCUT2D eigenvalue weighted by atomic mass is 35.6. The van der Waals surface area contributed by atoms with Gasteiger partial charge in [0, 0.05) is 5.92 Å². The van der Waals surface area contributed by atoms with Crippen LogP contribution in [0.5, 0.6) is 0 Å². The lowest BCUT2D eigenvalue weighted by atomic mass is 9.84. The maximum absolute atomic E-state index is 12.4. The zero-order valence-corrected chi connectivity index (χ0v) is 16.3. The van der Waals surface area contributed by atoms with Crippen molar-refractivity contribution in [3.05, 3.63) is 35.9 Å². The first kappa shape index (κ1) is 20.3. The van der Waals surface area contributed by atoms with Gasteiger partial charge in [-0.1, -0.05) is 66.8 Å². The minimum absolute atomic E-state index is 0.0791. The number of hydrogen-bond acceptors (Lipinski definition) is 5. The molecule has 1 aliphatic rings. The number of hydrogen-bond donors (Lipinski definition) is 1. The summed E-state index contributed by atoms with van der Waals surface area (Å²) >= 11 is 17.0. The Labute approximate surface area is 162 Å². The van der Waals surface area contributed by atoms with E-state index in [0.717, 1.165) is 0 Å². The molecule has 25 heavy (non-hydrogen) atoms. The van der Waals surface area contributed by atoms with Crippen LogP contribution in [-0.2, 0) is 14.2 Å². The molecule has 5 atom stereocenters. The first-order valence-corrected chi connectivity index (χ1v) is 8.98. The number of halogens is 3. The van der Waals surface area contributed by atoms with E-state index in [1.165, 1.54) is 0 Å². The van der Waals surface area contributed by atoms with Gasteiger partial charge in [0.2, 0.25) is 12.2 Å². The van der Waals surface area contributed by atoms with E-state index < -0.39 is 28.1 Å². The Morgan fingerprint density at radius 2 is 1.68 bits per heavy atom. The van der Waals surface area contributed by atoms with E-state index in [4.69, 9.17) is 54.4 Å². The van der Waals surface area contributed by atoms with E-state index in [1.54, 1.807) is 30.3 Å². The maximum atomic E-state index is 12.4. The Kier molecular flexibility index (Phi) is 6.60. The fourth-order valence-corrected chi connectivity index (χ4v) is 2.73. The SMILES string of the molecule is CC1O[C@@H](OC(=N)C(Cl)(Cl)Cl)C(OC(=O)c2ccccc2)[C@@H](C)[C@@H]1C. The second-order valence-corrected chi connectivity index (χ2v) is 8.39. The molecule has 2 rings (SSSR count). The van der Waals surface area contributed by atoms with Crippen LogP contribution in [0.1, 0.15) is 31.1 Å². The number of esters is 1. The number of ether oxygens (including phenoxy) is 3. The lowest BCUT2D eigenvalue weighted by Gasteiger charge is -2.42. The quantitative estimate of drug-likeness (QED) is 0.344. The van der Waals surface area contributed by atoms with E-state index in [0.29, 0.717) is 5.56 Å². The normalized spacial score (nSPS) is 29.8. The molecule has 5 nitrogen and oxygen atoms in total. The van der Waals surface area contributed by atoms with Crippen LogP contribution in [0.3, 0.4) is 0 Å². The van der Waals surface area contributed by atoms with Gasteiger partial charge in [-0.05, 0) is 25.0 Å². The topological polar surface area (TPSA) is 68.6 Å². The third-order valence-corrected chi connectivity index (χ3v) is 4.96. The van der Waals surface area contributed by atoms with Gasteiger partial charge in [-0.25, -0.2) is 4.79 Å². The van der Waals surface area contributed by atoms with Crippen LogP contribution in [0.4, 0.5) is 0 Å². The largest absolute Gasteiger partial charge is 0.452 e. The summed E-state index contributed by atoms with van der Waals surface area (Å²) in [6.07, 6.45) is -1.95. The average molecular weight is 409 g/mol. The van der Waals surface area contributed by atoms with E-state index in [1.807, 2.05) is 20.8 Å². The molecule has 0 aromatic heterocycles. The summed E-state index contributed by atoms with van der Waals surface area (Å²) in [6.45, 7) is 5.81. The van der Waals surface area contributed by atoms with Gasteiger partial charge in [0.1, 0.15) is 0 Å². The van der Waals surface area contributed by atoms with Crippen molar-refractivity contribution >= 4 is 46.7 Å². The van der Waals surface area contributed by atoms with Crippen LogP contribution in [0.15, 0.2) is 30.3 Å².